The maximum absolute atomic E-state index is 6.05. The summed E-state index contributed by atoms with van der Waals surface area (Å²) in [6.45, 7) is 2.16. The van der Waals surface area contributed by atoms with E-state index < -0.39 is 0 Å². The van der Waals surface area contributed by atoms with Gasteiger partial charge in [0.15, 0.2) is 0 Å². The summed E-state index contributed by atoms with van der Waals surface area (Å²) in [5, 5.41) is 0. The lowest BCUT2D eigenvalue weighted by atomic mass is 10.0. The topological polar surface area (TPSA) is 55.3 Å². The van der Waals surface area contributed by atoms with Crippen LogP contribution in [0.4, 0.5) is 17.1 Å². The quantitative estimate of drug-likeness (QED) is 0.617. The maximum Gasteiger partial charge on any atom is 0.0918 e. The van der Waals surface area contributed by atoms with Crippen molar-refractivity contribution in [1.82, 2.24) is 0 Å². The number of hydrogen-bond donors (Lipinski definition) is 2. The van der Waals surface area contributed by atoms with E-state index in [1.807, 2.05) is 18.2 Å². The summed E-state index contributed by atoms with van der Waals surface area (Å²) < 4.78 is 1.05. The van der Waals surface area contributed by atoms with Crippen LogP contribution in [-0.4, -0.2) is 44.8 Å². The summed E-state index contributed by atoms with van der Waals surface area (Å²) in [6, 6.07) is 6.56. The van der Waals surface area contributed by atoms with Gasteiger partial charge in [-0.1, -0.05) is 0 Å². The lowest BCUT2D eigenvalue weighted by Gasteiger charge is -2.41. The maximum atomic E-state index is 6.05. The van der Waals surface area contributed by atoms with Crippen molar-refractivity contribution in [2.45, 2.75) is 18.9 Å². The molecule has 0 bridgehead atoms. The van der Waals surface area contributed by atoms with Crippen molar-refractivity contribution in [2.24, 2.45) is 0 Å². The van der Waals surface area contributed by atoms with Crippen LogP contribution in [0.3, 0.4) is 0 Å². The van der Waals surface area contributed by atoms with E-state index in [1.165, 1.54) is 12.8 Å². The van der Waals surface area contributed by atoms with E-state index >= 15 is 0 Å². The minimum Gasteiger partial charge on any atom is -0.399 e. The third-order valence-corrected chi connectivity index (χ3v) is 3.95. The number of quaternary nitrogens is 1. The molecular formula is C14H25N4+. The van der Waals surface area contributed by atoms with Gasteiger partial charge in [0.25, 0.3) is 0 Å². The number of nitrogen functional groups attached to an aromatic ring is 2. The van der Waals surface area contributed by atoms with Crippen LogP contribution in [0.25, 0.3) is 0 Å². The van der Waals surface area contributed by atoms with Gasteiger partial charge >= 0.3 is 0 Å². The van der Waals surface area contributed by atoms with Crippen molar-refractivity contribution in [3.63, 3.8) is 0 Å². The second-order valence-electron chi connectivity index (χ2n) is 6.15. The Morgan fingerprint density at radius 2 is 1.72 bits per heavy atom. The van der Waals surface area contributed by atoms with Crippen LogP contribution >= 0.6 is 0 Å². The predicted molar refractivity (Wildman–Crippen MR) is 78.5 cm³/mol. The molecule has 0 atom stereocenters. The Hall–Kier alpha value is -1.42. The highest BCUT2D eigenvalue weighted by molar-refractivity contribution is 5.71. The first kappa shape index (κ1) is 13.0. The molecule has 0 saturated carbocycles. The molecule has 1 heterocycles. The standard InChI is InChI=1S/C14H25N4/c1-18(2,3)12-6-8-17(9-7-12)14-5-4-11(15)10-13(14)16/h4-5,10,12H,6-9,15-16H2,1-3H3/q+1. The molecular weight excluding hydrogens is 224 g/mol. The molecule has 100 valence electrons. The minimum absolute atomic E-state index is 0.734. The highest BCUT2D eigenvalue weighted by Gasteiger charge is 2.29. The van der Waals surface area contributed by atoms with Crippen LogP contribution in [0.15, 0.2) is 18.2 Å². The zero-order valence-electron chi connectivity index (χ0n) is 11.7. The minimum atomic E-state index is 0.734. The summed E-state index contributed by atoms with van der Waals surface area (Å²) in [5.41, 5.74) is 14.4. The zero-order valence-corrected chi connectivity index (χ0v) is 11.7. The van der Waals surface area contributed by atoms with Gasteiger partial charge in [0, 0.05) is 31.6 Å². The van der Waals surface area contributed by atoms with Crippen LogP contribution in [-0.2, 0) is 0 Å². The fourth-order valence-electron chi connectivity index (χ4n) is 2.74. The fraction of sp³-hybridized carbons (Fsp3) is 0.571. The van der Waals surface area contributed by atoms with Gasteiger partial charge in [-0.3, -0.25) is 0 Å². The van der Waals surface area contributed by atoms with Crippen molar-refractivity contribution < 1.29 is 4.48 Å². The van der Waals surface area contributed by atoms with Gasteiger partial charge in [0.1, 0.15) is 0 Å². The summed E-state index contributed by atoms with van der Waals surface area (Å²) in [6.07, 6.45) is 2.43. The summed E-state index contributed by atoms with van der Waals surface area (Å²) in [4.78, 5) is 2.38. The van der Waals surface area contributed by atoms with Crippen LogP contribution in [0.1, 0.15) is 12.8 Å². The van der Waals surface area contributed by atoms with Crippen LogP contribution in [0.2, 0.25) is 0 Å². The molecule has 18 heavy (non-hydrogen) atoms. The molecule has 4 N–H and O–H groups in total. The number of piperidine rings is 1. The molecule has 1 saturated heterocycles. The van der Waals surface area contributed by atoms with E-state index in [2.05, 4.69) is 26.0 Å². The zero-order chi connectivity index (χ0) is 13.3. The first-order valence-corrected chi connectivity index (χ1v) is 6.59. The van der Waals surface area contributed by atoms with E-state index in [1.54, 1.807) is 0 Å². The van der Waals surface area contributed by atoms with Crippen LogP contribution in [0.5, 0.6) is 0 Å². The van der Waals surface area contributed by atoms with Crippen molar-refractivity contribution >= 4 is 17.1 Å². The number of nitrogens with zero attached hydrogens (tertiary/aromatic N) is 2. The molecule has 1 fully saturated rings. The molecule has 1 aliphatic rings. The highest BCUT2D eigenvalue weighted by Crippen LogP contribution is 2.29. The Balaban J connectivity index is 2.06. The fourth-order valence-corrected chi connectivity index (χ4v) is 2.74. The molecule has 4 nitrogen and oxygen atoms in total. The van der Waals surface area contributed by atoms with E-state index in [4.69, 9.17) is 11.5 Å². The van der Waals surface area contributed by atoms with Crippen LogP contribution in [0, 0.1) is 0 Å². The summed E-state index contributed by atoms with van der Waals surface area (Å²) in [5.74, 6) is 0. The first-order chi connectivity index (χ1) is 8.38. The molecule has 1 aliphatic heterocycles. The summed E-state index contributed by atoms with van der Waals surface area (Å²) in [7, 11) is 6.83. The molecule has 0 aliphatic carbocycles. The molecule has 0 amide bonds. The largest absolute Gasteiger partial charge is 0.399 e. The highest BCUT2D eigenvalue weighted by atomic mass is 15.3. The lowest BCUT2D eigenvalue weighted by molar-refractivity contribution is -0.896. The van der Waals surface area contributed by atoms with E-state index in [0.29, 0.717) is 0 Å². The lowest BCUT2D eigenvalue weighted by Crippen LogP contribution is -2.51. The van der Waals surface area contributed by atoms with Gasteiger partial charge in [-0.05, 0) is 18.2 Å². The third-order valence-electron chi connectivity index (χ3n) is 3.95. The van der Waals surface area contributed by atoms with E-state index in [0.717, 1.165) is 40.7 Å². The second kappa shape index (κ2) is 4.69. The molecule has 0 radical (unpaired) electrons. The number of rotatable bonds is 2. The predicted octanol–water partition coefficient (Wildman–Crippen LogP) is 1.53. The Kier molecular flexibility index (Phi) is 3.39. The summed E-state index contributed by atoms with van der Waals surface area (Å²) >= 11 is 0. The van der Waals surface area contributed by atoms with Gasteiger partial charge in [0.05, 0.1) is 38.6 Å². The third kappa shape index (κ3) is 2.70. The smallest absolute Gasteiger partial charge is 0.0918 e. The molecule has 1 aromatic carbocycles. The number of hydrogen-bond acceptors (Lipinski definition) is 3. The Morgan fingerprint density at radius 1 is 1.11 bits per heavy atom. The van der Waals surface area contributed by atoms with Gasteiger partial charge in [0.2, 0.25) is 0 Å². The molecule has 0 aromatic heterocycles. The second-order valence-corrected chi connectivity index (χ2v) is 6.15. The van der Waals surface area contributed by atoms with Gasteiger partial charge in [-0.25, -0.2) is 0 Å². The van der Waals surface area contributed by atoms with Gasteiger partial charge < -0.3 is 20.9 Å². The first-order valence-electron chi connectivity index (χ1n) is 6.59. The van der Waals surface area contributed by atoms with Crippen molar-refractivity contribution in [2.75, 3.05) is 50.6 Å². The molecule has 1 aromatic rings. The van der Waals surface area contributed by atoms with Crippen molar-refractivity contribution in [3.8, 4) is 0 Å². The molecule has 0 unspecified atom stereocenters. The van der Waals surface area contributed by atoms with Gasteiger partial charge in [-0.2, -0.15) is 0 Å². The van der Waals surface area contributed by atoms with Crippen molar-refractivity contribution in [3.05, 3.63) is 18.2 Å². The Bertz CT molecular complexity index is 414. The monoisotopic (exact) mass is 249 g/mol. The average Bonchev–Trinajstić information content (AvgIpc) is 2.28. The number of nitrogens with two attached hydrogens (primary N) is 2. The number of anilines is 3. The molecule has 2 rings (SSSR count). The SMILES string of the molecule is C[N+](C)(C)C1CCN(c2ccc(N)cc2N)CC1. The average molecular weight is 249 g/mol. The molecule has 0 spiro atoms. The Labute approximate surface area is 110 Å². The number of benzene rings is 1. The van der Waals surface area contributed by atoms with E-state index in [-0.39, 0.29) is 0 Å². The van der Waals surface area contributed by atoms with Crippen molar-refractivity contribution in [1.29, 1.82) is 0 Å². The Morgan fingerprint density at radius 3 is 2.22 bits per heavy atom. The van der Waals surface area contributed by atoms with Crippen LogP contribution < -0.4 is 16.4 Å². The molecule has 4 heteroatoms. The van der Waals surface area contributed by atoms with Gasteiger partial charge in [-0.15, -0.1) is 0 Å². The van der Waals surface area contributed by atoms with E-state index in [9.17, 15) is 0 Å². The normalized spacial score (nSPS) is 18.1.